The lowest BCUT2D eigenvalue weighted by molar-refractivity contribution is 0.600. The van der Waals surface area contributed by atoms with E-state index in [9.17, 15) is 8.42 Å². The van der Waals surface area contributed by atoms with E-state index < -0.39 is 10.0 Å². The maximum atomic E-state index is 11.5. The number of rotatable bonds is 5. The largest absolute Gasteiger partial charge is 0.282 e. The van der Waals surface area contributed by atoms with Gasteiger partial charge in [0.05, 0.1) is 22.1 Å². The Morgan fingerprint density at radius 3 is 2.75 bits per heavy atom. The van der Waals surface area contributed by atoms with Gasteiger partial charge in [-0.3, -0.25) is 4.72 Å². The van der Waals surface area contributed by atoms with E-state index in [1.165, 1.54) is 6.20 Å². The smallest absolute Gasteiger partial charge is 0.232 e. The molecule has 1 rings (SSSR count). The Bertz CT molecular complexity index is 467. The normalized spacial score (nSPS) is 11.4. The average molecular weight is 348 g/mol. The van der Waals surface area contributed by atoms with Gasteiger partial charge in [0.25, 0.3) is 0 Å². The number of hydrogen-bond donors (Lipinski definition) is 1. The number of halogens is 3. The van der Waals surface area contributed by atoms with Gasteiger partial charge in [-0.2, -0.15) is 0 Å². The van der Waals surface area contributed by atoms with Crippen molar-refractivity contribution in [2.24, 2.45) is 0 Å². The van der Waals surface area contributed by atoms with Crippen molar-refractivity contribution in [2.45, 2.75) is 6.42 Å². The highest BCUT2D eigenvalue weighted by molar-refractivity contribution is 9.10. The van der Waals surface area contributed by atoms with Crippen LogP contribution in [0.1, 0.15) is 6.42 Å². The predicted molar refractivity (Wildman–Crippen MR) is 69.7 cm³/mol. The molecule has 4 nitrogen and oxygen atoms in total. The van der Waals surface area contributed by atoms with Crippen molar-refractivity contribution in [3.8, 4) is 0 Å². The number of pyridine rings is 1. The van der Waals surface area contributed by atoms with E-state index in [-0.39, 0.29) is 10.9 Å². The zero-order chi connectivity index (χ0) is 12.2. The van der Waals surface area contributed by atoms with Gasteiger partial charge in [-0.15, -0.1) is 11.6 Å². The highest BCUT2D eigenvalue weighted by Crippen LogP contribution is 2.23. The molecule has 90 valence electrons. The van der Waals surface area contributed by atoms with Gasteiger partial charge in [0.15, 0.2) is 0 Å². The monoisotopic (exact) mass is 346 g/mol. The number of sulfonamides is 1. The first-order chi connectivity index (χ1) is 7.44. The minimum atomic E-state index is -3.36. The Morgan fingerprint density at radius 2 is 2.19 bits per heavy atom. The second-order valence-electron chi connectivity index (χ2n) is 2.96. The lowest BCUT2D eigenvalue weighted by atomic mass is 10.4. The van der Waals surface area contributed by atoms with Crippen molar-refractivity contribution in [3.63, 3.8) is 0 Å². The fraction of sp³-hybridized carbons (Fsp3) is 0.375. The predicted octanol–water partition coefficient (Wildman–Crippen LogP) is 2.87. The molecule has 0 saturated heterocycles. The number of hydrogen-bond acceptors (Lipinski definition) is 3. The summed E-state index contributed by atoms with van der Waals surface area (Å²) in [5.41, 5.74) is 0.367. The van der Waals surface area contributed by atoms with Crippen molar-refractivity contribution < 1.29 is 8.42 Å². The molecule has 0 bridgehead atoms. The van der Waals surface area contributed by atoms with Crippen LogP contribution in [0.15, 0.2) is 16.7 Å². The summed E-state index contributed by atoms with van der Waals surface area (Å²) in [4.78, 5) is 3.81. The molecule has 0 radical (unpaired) electrons. The van der Waals surface area contributed by atoms with Gasteiger partial charge in [0.1, 0.15) is 5.15 Å². The number of nitrogens with one attached hydrogen (secondary N) is 1. The Hall–Kier alpha value is -0.0400. The SMILES string of the molecule is O=S(=O)(CCCCl)Nc1cnc(Cl)c(Br)c1. The van der Waals surface area contributed by atoms with Crippen molar-refractivity contribution in [3.05, 3.63) is 21.9 Å². The number of nitrogens with zero attached hydrogens (tertiary/aromatic N) is 1. The first kappa shape index (κ1) is 14.0. The lowest BCUT2D eigenvalue weighted by Gasteiger charge is -2.07. The molecule has 0 spiro atoms. The topological polar surface area (TPSA) is 59.1 Å². The summed E-state index contributed by atoms with van der Waals surface area (Å²) in [7, 11) is -3.36. The molecule has 1 aromatic heterocycles. The third-order valence-corrected chi connectivity index (χ3v) is 4.39. The van der Waals surface area contributed by atoms with Crippen LogP contribution >= 0.6 is 39.1 Å². The molecule has 1 aromatic rings. The van der Waals surface area contributed by atoms with Crippen molar-refractivity contribution in [1.29, 1.82) is 0 Å². The van der Waals surface area contributed by atoms with Crippen LogP contribution in [0.4, 0.5) is 5.69 Å². The van der Waals surface area contributed by atoms with Crippen LogP contribution in [-0.4, -0.2) is 25.0 Å². The van der Waals surface area contributed by atoms with E-state index in [1.807, 2.05) is 0 Å². The van der Waals surface area contributed by atoms with Crippen molar-refractivity contribution in [2.75, 3.05) is 16.4 Å². The second-order valence-corrected chi connectivity index (χ2v) is 6.39. The average Bonchev–Trinajstić information content (AvgIpc) is 2.20. The summed E-state index contributed by atoms with van der Waals surface area (Å²) in [5.74, 6) is 0.292. The fourth-order valence-corrected chi connectivity index (χ4v) is 2.79. The highest BCUT2D eigenvalue weighted by Gasteiger charge is 2.10. The molecule has 1 heterocycles. The van der Waals surface area contributed by atoms with Gasteiger partial charge < -0.3 is 0 Å². The minimum Gasteiger partial charge on any atom is -0.282 e. The van der Waals surface area contributed by atoms with Gasteiger partial charge in [-0.25, -0.2) is 13.4 Å². The molecular formula is C8H9BrCl2N2O2S. The lowest BCUT2D eigenvalue weighted by Crippen LogP contribution is -2.17. The van der Waals surface area contributed by atoms with Gasteiger partial charge >= 0.3 is 0 Å². The quantitative estimate of drug-likeness (QED) is 0.658. The van der Waals surface area contributed by atoms with E-state index in [2.05, 4.69) is 25.6 Å². The Morgan fingerprint density at radius 1 is 1.50 bits per heavy atom. The number of aromatic nitrogens is 1. The summed E-state index contributed by atoms with van der Waals surface area (Å²) < 4.78 is 25.9. The molecule has 0 atom stereocenters. The molecule has 8 heteroatoms. The molecule has 0 aliphatic rings. The van der Waals surface area contributed by atoms with Crippen LogP contribution in [0.25, 0.3) is 0 Å². The highest BCUT2D eigenvalue weighted by atomic mass is 79.9. The summed E-state index contributed by atoms with van der Waals surface area (Å²) in [6.45, 7) is 0. The van der Waals surface area contributed by atoms with Crippen LogP contribution < -0.4 is 4.72 Å². The van der Waals surface area contributed by atoms with Gasteiger partial charge in [0.2, 0.25) is 10.0 Å². The Labute approximate surface area is 113 Å². The molecule has 0 fully saturated rings. The van der Waals surface area contributed by atoms with Crippen molar-refractivity contribution in [1.82, 2.24) is 4.98 Å². The molecule has 0 unspecified atom stereocenters. The minimum absolute atomic E-state index is 0.0171. The molecule has 0 aliphatic heterocycles. The van der Waals surface area contributed by atoms with E-state index in [0.717, 1.165) is 0 Å². The van der Waals surface area contributed by atoms with Crippen LogP contribution in [0.2, 0.25) is 5.15 Å². The maximum absolute atomic E-state index is 11.5. The standard InChI is InChI=1S/C8H9BrCl2N2O2S/c9-7-4-6(5-12-8(7)11)13-16(14,15)3-1-2-10/h4-5,13H,1-3H2. The van der Waals surface area contributed by atoms with E-state index in [4.69, 9.17) is 23.2 Å². The first-order valence-electron chi connectivity index (χ1n) is 4.32. The molecule has 0 aromatic carbocycles. The fourth-order valence-electron chi connectivity index (χ4n) is 0.952. The first-order valence-corrected chi connectivity index (χ1v) is 7.68. The van der Waals surface area contributed by atoms with Crippen molar-refractivity contribution >= 4 is 54.8 Å². The summed E-state index contributed by atoms with van der Waals surface area (Å²) in [6.07, 6.45) is 1.75. The summed E-state index contributed by atoms with van der Waals surface area (Å²) in [6, 6.07) is 1.55. The van der Waals surface area contributed by atoms with E-state index in [0.29, 0.717) is 22.5 Å². The maximum Gasteiger partial charge on any atom is 0.232 e. The van der Waals surface area contributed by atoms with Gasteiger partial charge in [-0.05, 0) is 28.4 Å². The molecular weight excluding hydrogens is 339 g/mol. The number of anilines is 1. The third-order valence-electron chi connectivity index (χ3n) is 1.62. The van der Waals surface area contributed by atoms with Gasteiger partial charge in [-0.1, -0.05) is 11.6 Å². The van der Waals surface area contributed by atoms with Crippen LogP contribution in [0, 0.1) is 0 Å². The molecule has 0 aliphatic carbocycles. The van der Waals surface area contributed by atoms with Gasteiger partial charge in [0, 0.05) is 5.88 Å². The zero-order valence-electron chi connectivity index (χ0n) is 8.08. The van der Waals surface area contributed by atoms with Crippen LogP contribution in [-0.2, 0) is 10.0 Å². The molecule has 0 amide bonds. The number of alkyl halides is 1. The molecule has 0 saturated carbocycles. The Balaban J connectivity index is 2.76. The van der Waals surface area contributed by atoms with E-state index in [1.54, 1.807) is 6.07 Å². The summed E-state index contributed by atoms with van der Waals surface area (Å²) >= 11 is 14.3. The molecule has 16 heavy (non-hydrogen) atoms. The Kier molecular flexibility index (Phi) is 5.30. The second kappa shape index (κ2) is 6.05. The molecule has 1 N–H and O–H groups in total. The van der Waals surface area contributed by atoms with E-state index >= 15 is 0 Å². The van der Waals surface area contributed by atoms with Crippen LogP contribution in [0.5, 0.6) is 0 Å². The summed E-state index contributed by atoms with van der Waals surface area (Å²) in [5, 5.41) is 0.281. The van der Waals surface area contributed by atoms with Crippen LogP contribution in [0.3, 0.4) is 0 Å². The zero-order valence-corrected chi connectivity index (χ0v) is 12.0. The third kappa shape index (κ3) is 4.45.